The molecule has 20 heavy (non-hydrogen) atoms. The van der Waals surface area contributed by atoms with E-state index in [2.05, 4.69) is 51.1 Å². The van der Waals surface area contributed by atoms with Gasteiger partial charge in [-0.3, -0.25) is 4.68 Å². The van der Waals surface area contributed by atoms with Gasteiger partial charge in [-0.25, -0.2) is 0 Å². The standard InChI is InChI=1S/C16H31N3O/c1-7-13-10-14(19(6)18-13)11-15(17-8-2)16(12(4)5)20-9-3/h10,12,15-17H,7-9,11H2,1-6H3. The van der Waals surface area contributed by atoms with Crippen LogP contribution >= 0.6 is 0 Å². The lowest BCUT2D eigenvalue weighted by molar-refractivity contribution is 0.00356. The minimum atomic E-state index is 0.236. The van der Waals surface area contributed by atoms with E-state index in [1.54, 1.807) is 0 Å². The summed E-state index contributed by atoms with van der Waals surface area (Å²) in [5.74, 6) is 0.498. The van der Waals surface area contributed by atoms with E-state index in [1.807, 2.05) is 11.7 Å². The number of aryl methyl sites for hydroxylation is 2. The highest BCUT2D eigenvalue weighted by atomic mass is 16.5. The van der Waals surface area contributed by atoms with Crippen molar-refractivity contribution in [1.82, 2.24) is 15.1 Å². The number of nitrogens with one attached hydrogen (secondary N) is 1. The zero-order valence-corrected chi connectivity index (χ0v) is 13.9. The van der Waals surface area contributed by atoms with Gasteiger partial charge in [0.15, 0.2) is 0 Å². The molecular weight excluding hydrogens is 250 g/mol. The van der Waals surface area contributed by atoms with E-state index in [1.165, 1.54) is 5.69 Å². The molecule has 1 aromatic heterocycles. The zero-order valence-electron chi connectivity index (χ0n) is 13.9. The third kappa shape index (κ3) is 4.60. The van der Waals surface area contributed by atoms with E-state index < -0.39 is 0 Å². The molecular formula is C16H31N3O. The maximum absolute atomic E-state index is 5.97. The highest BCUT2D eigenvalue weighted by molar-refractivity contribution is 5.12. The molecule has 0 aromatic carbocycles. The number of hydrogen-bond donors (Lipinski definition) is 1. The molecule has 0 aliphatic rings. The molecule has 4 nitrogen and oxygen atoms in total. The van der Waals surface area contributed by atoms with E-state index in [0.29, 0.717) is 12.0 Å². The molecule has 0 bridgehead atoms. The lowest BCUT2D eigenvalue weighted by Crippen LogP contribution is -2.46. The van der Waals surface area contributed by atoms with E-state index in [4.69, 9.17) is 4.74 Å². The summed E-state index contributed by atoms with van der Waals surface area (Å²) < 4.78 is 7.98. The first-order chi connectivity index (χ1) is 9.53. The number of aromatic nitrogens is 2. The minimum absolute atomic E-state index is 0.236. The van der Waals surface area contributed by atoms with Crippen molar-refractivity contribution in [2.24, 2.45) is 13.0 Å². The summed E-state index contributed by atoms with van der Waals surface area (Å²) in [5.41, 5.74) is 2.44. The number of ether oxygens (including phenoxy) is 1. The predicted octanol–water partition coefficient (Wildman–Crippen LogP) is 2.56. The second kappa shape index (κ2) is 8.42. The fourth-order valence-electron chi connectivity index (χ4n) is 2.69. The Morgan fingerprint density at radius 1 is 1.30 bits per heavy atom. The molecule has 0 amide bonds. The van der Waals surface area contributed by atoms with Gasteiger partial charge in [0.25, 0.3) is 0 Å². The van der Waals surface area contributed by atoms with Crippen LogP contribution in [-0.2, 0) is 24.6 Å². The third-order valence-electron chi connectivity index (χ3n) is 3.70. The number of hydrogen-bond acceptors (Lipinski definition) is 3. The van der Waals surface area contributed by atoms with Gasteiger partial charge < -0.3 is 10.1 Å². The van der Waals surface area contributed by atoms with Crippen molar-refractivity contribution in [2.45, 2.75) is 59.6 Å². The van der Waals surface area contributed by atoms with Crippen LogP contribution in [0.15, 0.2) is 6.07 Å². The van der Waals surface area contributed by atoms with Crippen LogP contribution in [0.2, 0.25) is 0 Å². The Morgan fingerprint density at radius 2 is 2.00 bits per heavy atom. The molecule has 0 spiro atoms. The first-order valence-corrected chi connectivity index (χ1v) is 7.90. The van der Waals surface area contributed by atoms with Crippen LogP contribution < -0.4 is 5.32 Å². The van der Waals surface area contributed by atoms with Gasteiger partial charge in [-0.1, -0.05) is 27.7 Å². The van der Waals surface area contributed by atoms with Crippen LogP contribution in [0.4, 0.5) is 0 Å². The Bertz CT molecular complexity index is 387. The molecule has 1 rings (SSSR count). The second-order valence-electron chi connectivity index (χ2n) is 5.64. The average molecular weight is 281 g/mol. The number of likely N-dealkylation sites (N-methyl/N-ethyl adjacent to an activating group) is 1. The average Bonchev–Trinajstić information content (AvgIpc) is 2.76. The van der Waals surface area contributed by atoms with Crippen molar-refractivity contribution in [1.29, 1.82) is 0 Å². The lowest BCUT2D eigenvalue weighted by atomic mass is 9.95. The van der Waals surface area contributed by atoms with Gasteiger partial charge in [0, 0.05) is 31.8 Å². The zero-order chi connectivity index (χ0) is 15.1. The molecule has 2 unspecified atom stereocenters. The summed E-state index contributed by atoms with van der Waals surface area (Å²) in [6.07, 6.45) is 2.18. The molecule has 0 fully saturated rings. The Morgan fingerprint density at radius 3 is 2.45 bits per heavy atom. The Balaban J connectivity index is 2.86. The maximum atomic E-state index is 5.97. The smallest absolute Gasteiger partial charge is 0.0754 e. The van der Waals surface area contributed by atoms with Gasteiger partial charge in [0.1, 0.15) is 0 Å². The Labute approximate surface area is 123 Å². The van der Waals surface area contributed by atoms with Crippen LogP contribution in [0.3, 0.4) is 0 Å². The molecule has 0 saturated heterocycles. The van der Waals surface area contributed by atoms with Crippen LogP contribution in [0.25, 0.3) is 0 Å². The highest BCUT2D eigenvalue weighted by Crippen LogP contribution is 2.16. The second-order valence-corrected chi connectivity index (χ2v) is 5.64. The fraction of sp³-hybridized carbons (Fsp3) is 0.812. The van der Waals surface area contributed by atoms with Crippen LogP contribution in [-0.4, -0.2) is 35.1 Å². The largest absolute Gasteiger partial charge is 0.377 e. The van der Waals surface area contributed by atoms with Gasteiger partial charge >= 0.3 is 0 Å². The van der Waals surface area contributed by atoms with E-state index in [9.17, 15) is 0 Å². The van der Waals surface area contributed by atoms with Crippen molar-refractivity contribution in [2.75, 3.05) is 13.2 Å². The van der Waals surface area contributed by atoms with Gasteiger partial charge in [0.2, 0.25) is 0 Å². The molecule has 0 radical (unpaired) electrons. The van der Waals surface area contributed by atoms with Crippen molar-refractivity contribution < 1.29 is 4.74 Å². The van der Waals surface area contributed by atoms with E-state index >= 15 is 0 Å². The molecule has 1 aromatic rings. The van der Waals surface area contributed by atoms with E-state index in [0.717, 1.165) is 31.7 Å². The van der Waals surface area contributed by atoms with Crippen LogP contribution in [0, 0.1) is 5.92 Å². The molecule has 1 heterocycles. The SMILES string of the molecule is CCNC(Cc1cc(CC)nn1C)C(OCC)C(C)C. The predicted molar refractivity (Wildman–Crippen MR) is 84.0 cm³/mol. The first-order valence-electron chi connectivity index (χ1n) is 7.90. The lowest BCUT2D eigenvalue weighted by Gasteiger charge is -2.30. The Kier molecular flexibility index (Phi) is 7.24. The molecule has 0 aliphatic carbocycles. The first kappa shape index (κ1) is 17.2. The molecule has 2 atom stereocenters. The van der Waals surface area contributed by atoms with Crippen LogP contribution in [0.1, 0.15) is 46.0 Å². The van der Waals surface area contributed by atoms with Crippen LogP contribution in [0.5, 0.6) is 0 Å². The molecule has 0 saturated carbocycles. The normalized spacial score (nSPS) is 14.8. The molecule has 0 aliphatic heterocycles. The summed E-state index contributed by atoms with van der Waals surface area (Å²) >= 11 is 0. The summed E-state index contributed by atoms with van der Waals surface area (Å²) in [6.45, 7) is 12.5. The summed E-state index contributed by atoms with van der Waals surface area (Å²) in [4.78, 5) is 0. The highest BCUT2D eigenvalue weighted by Gasteiger charge is 2.25. The Hall–Kier alpha value is -0.870. The number of nitrogens with zero attached hydrogens (tertiary/aromatic N) is 2. The molecule has 4 heteroatoms. The topological polar surface area (TPSA) is 39.1 Å². The van der Waals surface area contributed by atoms with Gasteiger partial charge in [-0.15, -0.1) is 0 Å². The summed E-state index contributed by atoms with van der Waals surface area (Å²) in [6, 6.07) is 2.55. The summed E-state index contributed by atoms with van der Waals surface area (Å²) in [5, 5.41) is 8.13. The van der Waals surface area contributed by atoms with Crippen molar-refractivity contribution >= 4 is 0 Å². The molecule has 1 N–H and O–H groups in total. The van der Waals surface area contributed by atoms with Crippen molar-refractivity contribution in [3.63, 3.8) is 0 Å². The number of rotatable bonds is 9. The molecule has 116 valence electrons. The van der Waals surface area contributed by atoms with Gasteiger partial charge in [-0.2, -0.15) is 5.10 Å². The quantitative estimate of drug-likeness (QED) is 0.756. The fourth-order valence-corrected chi connectivity index (χ4v) is 2.69. The van der Waals surface area contributed by atoms with Gasteiger partial charge in [0.05, 0.1) is 11.8 Å². The van der Waals surface area contributed by atoms with Crippen molar-refractivity contribution in [3.05, 3.63) is 17.5 Å². The monoisotopic (exact) mass is 281 g/mol. The summed E-state index contributed by atoms with van der Waals surface area (Å²) in [7, 11) is 2.03. The maximum Gasteiger partial charge on any atom is 0.0754 e. The van der Waals surface area contributed by atoms with Gasteiger partial charge in [-0.05, 0) is 31.9 Å². The van der Waals surface area contributed by atoms with E-state index in [-0.39, 0.29) is 6.10 Å². The minimum Gasteiger partial charge on any atom is -0.377 e. The van der Waals surface area contributed by atoms with Crippen molar-refractivity contribution in [3.8, 4) is 0 Å². The third-order valence-corrected chi connectivity index (χ3v) is 3.70.